The molecule has 0 aliphatic rings. The zero-order valence-corrected chi connectivity index (χ0v) is 11.5. The smallest absolute Gasteiger partial charge is 0.180 e. The first-order valence-corrected chi connectivity index (χ1v) is 7.34. The molecule has 2 aromatic rings. The van der Waals surface area contributed by atoms with E-state index in [4.69, 9.17) is 11.6 Å². The standard InChI is InChI=1S/C11H12ClN3O2S/c1-3-18(16,17)9-6-8(12)7-14-10(9)11-13-4-5-15(11)2/h4-7H,3H2,1-2H3. The van der Waals surface area contributed by atoms with Gasteiger partial charge in [-0.25, -0.2) is 13.4 Å². The van der Waals surface area contributed by atoms with E-state index in [-0.39, 0.29) is 10.6 Å². The van der Waals surface area contributed by atoms with Crippen molar-refractivity contribution in [1.82, 2.24) is 14.5 Å². The molecule has 96 valence electrons. The van der Waals surface area contributed by atoms with Gasteiger partial charge in [-0.2, -0.15) is 0 Å². The summed E-state index contributed by atoms with van der Waals surface area (Å²) in [6, 6.07) is 1.41. The molecule has 0 amide bonds. The number of rotatable bonds is 3. The summed E-state index contributed by atoms with van der Waals surface area (Å²) in [7, 11) is -1.62. The molecule has 0 aromatic carbocycles. The highest BCUT2D eigenvalue weighted by atomic mass is 35.5. The van der Waals surface area contributed by atoms with Crippen molar-refractivity contribution < 1.29 is 8.42 Å². The Balaban J connectivity index is 2.73. The second-order valence-corrected chi connectivity index (χ2v) is 6.45. The van der Waals surface area contributed by atoms with Gasteiger partial charge in [0.2, 0.25) is 0 Å². The number of nitrogens with zero attached hydrogens (tertiary/aromatic N) is 3. The Morgan fingerprint density at radius 2 is 2.11 bits per heavy atom. The molecule has 0 aliphatic heterocycles. The molecule has 0 bridgehead atoms. The average Bonchev–Trinajstić information content (AvgIpc) is 2.75. The summed E-state index contributed by atoms with van der Waals surface area (Å²) in [4.78, 5) is 8.34. The monoisotopic (exact) mass is 285 g/mol. The third-order valence-corrected chi connectivity index (χ3v) is 4.52. The third-order valence-electron chi connectivity index (χ3n) is 2.57. The normalized spacial score (nSPS) is 11.7. The molecular formula is C11H12ClN3O2S. The molecule has 7 heteroatoms. The molecule has 0 atom stereocenters. The van der Waals surface area contributed by atoms with Crippen LogP contribution in [0.5, 0.6) is 0 Å². The second kappa shape index (κ2) is 4.70. The highest BCUT2D eigenvalue weighted by molar-refractivity contribution is 7.91. The van der Waals surface area contributed by atoms with Gasteiger partial charge in [-0.1, -0.05) is 18.5 Å². The van der Waals surface area contributed by atoms with Crippen molar-refractivity contribution in [3.8, 4) is 11.5 Å². The first-order chi connectivity index (χ1) is 8.45. The van der Waals surface area contributed by atoms with E-state index < -0.39 is 9.84 Å². The van der Waals surface area contributed by atoms with Gasteiger partial charge >= 0.3 is 0 Å². The van der Waals surface area contributed by atoms with Crippen LogP contribution in [-0.2, 0) is 16.9 Å². The molecule has 0 saturated heterocycles. The Morgan fingerprint density at radius 3 is 2.67 bits per heavy atom. The highest BCUT2D eigenvalue weighted by Gasteiger charge is 2.21. The van der Waals surface area contributed by atoms with Gasteiger partial charge in [0.05, 0.1) is 15.7 Å². The number of halogens is 1. The topological polar surface area (TPSA) is 64.8 Å². The number of sulfone groups is 1. The lowest BCUT2D eigenvalue weighted by Gasteiger charge is -2.08. The molecular weight excluding hydrogens is 274 g/mol. The molecule has 0 radical (unpaired) electrons. The maximum atomic E-state index is 12.0. The van der Waals surface area contributed by atoms with Crippen LogP contribution < -0.4 is 0 Å². The first kappa shape index (κ1) is 13.0. The maximum Gasteiger partial charge on any atom is 0.180 e. The summed E-state index contributed by atoms with van der Waals surface area (Å²) in [6.45, 7) is 1.58. The molecule has 0 aliphatic carbocycles. The SMILES string of the molecule is CCS(=O)(=O)c1cc(Cl)cnc1-c1nccn1C. The maximum absolute atomic E-state index is 12.0. The number of aryl methyl sites for hydroxylation is 1. The number of hydrogen-bond acceptors (Lipinski definition) is 4. The van der Waals surface area contributed by atoms with Crippen LogP contribution in [0.1, 0.15) is 6.92 Å². The summed E-state index contributed by atoms with van der Waals surface area (Å²) < 4.78 is 25.8. The van der Waals surface area contributed by atoms with Crippen molar-refractivity contribution in [2.75, 3.05) is 5.75 Å². The van der Waals surface area contributed by atoms with Gasteiger partial charge in [0, 0.05) is 25.6 Å². The fourth-order valence-electron chi connectivity index (χ4n) is 1.57. The molecule has 18 heavy (non-hydrogen) atoms. The Kier molecular flexibility index (Phi) is 3.41. The van der Waals surface area contributed by atoms with Gasteiger partial charge in [0.1, 0.15) is 5.69 Å². The first-order valence-electron chi connectivity index (χ1n) is 5.31. The predicted octanol–water partition coefficient (Wildman–Crippen LogP) is 1.93. The summed E-state index contributed by atoms with van der Waals surface area (Å²) in [5.74, 6) is 0.491. The average molecular weight is 286 g/mol. The van der Waals surface area contributed by atoms with E-state index in [1.807, 2.05) is 0 Å². The largest absolute Gasteiger partial charge is 0.333 e. The van der Waals surface area contributed by atoms with Crippen molar-refractivity contribution in [2.45, 2.75) is 11.8 Å². The van der Waals surface area contributed by atoms with Gasteiger partial charge in [-0.05, 0) is 6.07 Å². The molecule has 5 nitrogen and oxygen atoms in total. The van der Waals surface area contributed by atoms with Crippen molar-refractivity contribution in [3.63, 3.8) is 0 Å². The van der Waals surface area contributed by atoms with E-state index in [9.17, 15) is 8.42 Å². The van der Waals surface area contributed by atoms with Crippen LogP contribution in [0.25, 0.3) is 11.5 Å². The van der Waals surface area contributed by atoms with Gasteiger partial charge in [0.15, 0.2) is 15.7 Å². The Hall–Kier alpha value is -1.40. The Labute approximate surface area is 110 Å². The summed E-state index contributed by atoms with van der Waals surface area (Å²) >= 11 is 5.83. The van der Waals surface area contributed by atoms with E-state index in [2.05, 4.69) is 9.97 Å². The predicted molar refractivity (Wildman–Crippen MR) is 69.2 cm³/mol. The summed E-state index contributed by atoms with van der Waals surface area (Å²) in [5, 5.41) is 0.292. The van der Waals surface area contributed by atoms with Gasteiger partial charge in [-0.3, -0.25) is 4.98 Å². The number of hydrogen-bond donors (Lipinski definition) is 0. The molecule has 0 fully saturated rings. The van der Waals surface area contributed by atoms with Crippen LogP contribution in [0, 0.1) is 0 Å². The fraction of sp³-hybridized carbons (Fsp3) is 0.273. The molecule has 0 spiro atoms. The summed E-state index contributed by atoms with van der Waals surface area (Å²) in [5.41, 5.74) is 0.328. The van der Waals surface area contributed by atoms with Crippen LogP contribution in [0.15, 0.2) is 29.6 Å². The van der Waals surface area contributed by atoms with E-state index in [1.165, 1.54) is 12.3 Å². The van der Waals surface area contributed by atoms with E-state index in [0.717, 1.165) is 0 Å². The van der Waals surface area contributed by atoms with Crippen LogP contribution in [0.2, 0.25) is 5.02 Å². The molecule has 0 saturated carbocycles. The van der Waals surface area contributed by atoms with Gasteiger partial charge < -0.3 is 4.57 Å². The highest BCUT2D eigenvalue weighted by Crippen LogP contribution is 2.26. The van der Waals surface area contributed by atoms with Crippen LogP contribution in [0.3, 0.4) is 0 Å². The molecule has 2 aromatic heterocycles. The van der Waals surface area contributed by atoms with Crippen molar-refractivity contribution >= 4 is 21.4 Å². The van der Waals surface area contributed by atoms with Crippen LogP contribution in [-0.4, -0.2) is 28.7 Å². The third kappa shape index (κ3) is 2.26. The quantitative estimate of drug-likeness (QED) is 0.864. The van der Waals surface area contributed by atoms with Crippen molar-refractivity contribution in [1.29, 1.82) is 0 Å². The molecule has 0 unspecified atom stereocenters. The van der Waals surface area contributed by atoms with Gasteiger partial charge in [0.25, 0.3) is 0 Å². The lowest BCUT2D eigenvalue weighted by Crippen LogP contribution is -2.08. The zero-order valence-electron chi connectivity index (χ0n) is 9.96. The van der Waals surface area contributed by atoms with E-state index >= 15 is 0 Å². The second-order valence-electron chi connectivity index (χ2n) is 3.77. The fourth-order valence-corrected chi connectivity index (χ4v) is 2.85. The van der Waals surface area contributed by atoms with E-state index in [0.29, 0.717) is 16.5 Å². The van der Waals surface area contributed by atoms with Gasteiger partial charge in [-0.15, -0.1) is 0 Å². The van der Waals surface area contributed by atoms with Crippen LogP contribution >= 0.6 is 11.6 Å². The minimum Gasteiger partial charge on any atom is -0.333 e. The zero-order chi connectivity index (χ0) is 13.3. The van der Waals surface area contributed by atoms with Crippen LogP contribution in [0.4, 0.5) is 0 Å². The number of pyridine rings is 1. The van der Waals surface area contributed by atoms with Crippen molar-refractivity contribution in [3.05, 3.63) is 29.7 Å². The lowest BCUT2D eigenvalue weighted by molar-refractivity contribution is 0.597. The minimum absolute atomic E-state index is 0.00749. The number of aromatic nitrogens is 3. The van der Waals surface area contributed by atoms with Crippen molar-refractivity contribution in [2.24, 2.45) is 7.05 Å². The Bertz CT molecular complexity index is 679. The number of imidazole rings is 1. The molecule has 2 heterocycles. The Morgan fingerprint density at radius 1 is 1.39 bits per heavy atom. The summed E-state index contributed by atoms with van der Waals surface area (Å²) in [6.07, 6.45) is 4.74. The molecule has 2 rings (SSSR count). The van der Waals surface area contributed by atoms with E-state index in [1.54, 1.807) is 30.9 Å². The minimum atomic E-state index is -3.39. The molecule has 0 N–H and O–H groups in total. The lowest BCUT2D eigenvalue weighted by atomic mass is 10.3.